The fraction of sp³-hybridized carbons (Fsp3) is 0.953. The third kappa shape index (κ3) is 12.5. The van der Waals surface area contributed by atoms with Crippen LogP contribution in [0.5, 0.6) is 0 Å². The Bertz CT molecular complexity index is 2640. The summed E-state index contributed by atoms with van der Waals surface area (Å²) >= 11 is 0. The summed E-state index contributed by atoms with van der Waals surface area (Å²) in [6.45, 7) is 13.6. The van der Waals surface area contributed by atoms with Crippen molar-refractivity contribution in [1.29, 1.82) is 0 Å². The van der Waals surface area contributed by atoms with Crippen molar-refractivity contribution in [3.05, 3.63) is 11.6 Å². The molecule has 0 aromatic rings. The first-order valence-electron chi connectivity index (χ1n) is 33.5. The van der Waals surface area contributed by atoms with Crippen molar-refractivity contribution in [2.45, 2.75) is 298 Å². The van der Waals surface area contributed by atoms with Gasteiger partial charge in [0.05, 0.1) is 56.8 Å². The number of fused-ring (bicyclic) bond motifs is 7. The van der Waals surface area contributed by atoms with E-state index in [-0.39, 0.29) is 41.8 Å². The van der Waals surface area contributed by atoms with Crippen LogP contribution in [0.1, 0.15) is 120 Å². The molecule has 540 valence electrons. The van der Waals surface area contributed by atoms with Crippen LogP contribution in [0, 0.1) is 50.2 Å². The van der Waals surface area contributed by atoms with Gasteiger partial charge in [-0.1, -0.05) is 53.2 Å². The highest BCUT2D eigenvalue weighted by Crippen LogP contribution is 2.76. The number of ether oxygens (including phenoxy) is 12. The first-order valence-corrected chi connectivity index (χ1v) is 33.5. The molecule has 10 fully saturated rings. The van der Waals surface area contributed by atoms with Gasteiger partial charge in [-0.05, 0) is 117 Å². The summed E-state index contributed by atoms with van der Waals surface area (Å²) in [6.07, 6.45) is -38.3. The molecule has 94 heavy (non-hydrogen) atoms. The second-order valence-corrected chi connectivity index (χ2v) is 30.8. The van der Waals surface area contributed by atoms with Crippen LogP contribution >= 0.6 is 0 Å². The molecule has 37 atom stereocenters. The summed E-state index contributed by atoms with van der Waals surface area (Å²) < 4.78 is 72.2. The Morgan fingerprint density at radius 1 is 0.511 bits per heavy atom. The molecule has 30 heteroatoms. The largest absolute Gasteiger partial charge is 0.432 e. The molecule has 0 radical (unpaired) electrons. The van der Waals surface area contributed by atoms with Gasteiger partial charge < -0.3 is 144 Å². The highest BCUT2D eigenvalue weighted by molar-refractivity contribution is 5.79. The minimum absolute atomic E-state index is 0.0450. The van der Waals surface area contributed by atoms with E-state index in [1.54, 1.807) is 0 Å². The van der Waals surface area contributed by atoms with Crippen LogP contribution in [0.3, 0.4) is 0 Å². The van der Waals surface area contributed by atoms with Crippen molar-refractivity contribution < 1.29 is 148 Å². The average Bonchev–Trinajstić information content (AvgIpc) is 0.675. The maximum absolute atomic E-state index is 15.7. The van der Waals surface area contributed by atoms with Gasteiger partial charge in [0.25, 0.3) is 0 Å². The molecule has 6 aliphatic heterocycles. The van der Waals surface area contributed by atoms with Crippen molar-refractivity contribution in [2.75, 3.05) is 33.0 Å². The number of allylic oxidation sites excluding steroid dienone is 2. The highest BCUT2D eigenvalue weighted by atomic mass is 16.8. The first kappa shape index (κ1) is 73.3. The van der Waals surface area contributed by atoms with Gasteiger partial charge in [0.15, 0.2) is 37.6 Å². The smallest absolute Gasteiger partial charge is 0.315 e. The monoisotopic (exact) mass is 1350 g/mol. The SMILES string of the molecule is CC1OC(OC2C(OC(=O)C34CCC(C)(C)CC3C3=CCC5C6(C)CCC(OC7OCC(O)C(O)C7OC7OC(C)C(O)C(OC8OCC(O)C(O)C8O)C7O)C(C)(CO)C6CCC5(C)C3(C)CC4)OC(COC3OC(CO)C(O)C(O)C3O)C(O)C2O)C(O)C(O)C1O. The molecule has 0 bridgehead atoms. The van der Waals surface area contributed by atoms with E-state index in [9.17, 15) is 86.8 Å². The van der Waals surface area contributed by atoms with Gasteiger partial charge in [-0.3, -0.25) is 4.79 Å². The van der Waals surface area contributed by atoms with Crippen molar-refractivity contribution in [3.63, 3.8) is 0 Å². The Labute approximate surface area is 545 Å². The standard InChI is InChI=1S/C64H104O30/c1-25-36(69)42(75)47(80)54(86-25)93-51-44(77)41(74)32(23-85-52-46(79)43(76)40(73)31(20-65)88-52)89-57(51)94-58(82)64-17-15-59(3,4)19-28(64)27-9-10-34-60(5)13-12-35(61(6,24-66)33(60)11-14-63(34,8)62(27,7)16-18-64)90-56-50(39(72)30(68)22-84-56)92-55-48(81)49(37(70)26(2)87-55)91-53-45(78)38(71)29(67)21-83-53/h9,25-26,28-57,65-81H,10-24H2,1-8H3. The lowest BCUT2D eigenvalue weighted by Gasteiger charge is -2.71. The number of rotatable bonds is 15. The Balaban J connectivity index is 0.830. The Morgan fingerprint density at radius 3 is 1.74 bits per heavy atom. The number of aliphatic hydroxyl groups is 17. The Hall–Kier alpha value is -1.91. The lowest BCUT2D eigenvalue weighted by Crippen LogP contribution is -2.67. The summed E-state index contributed by atoms with van der Waals surface area (Å²) in [4.78, 5) is 15.7. The summed E-state index contributed by atoms with van der Waals surface area (Å²) in [5.74, 6) is -1.16. The zero-order chi connectivity index (χ0) is 68.4. The van der Waals surface area contributed by atoms with Crippen LogP contribution in [-0.4, -0.2) is 304 Å². The lowest BCUT2D eigenvalue weighted by molar-refractivity contribution is -0.379. The lowest BCUT2D eigenvalue weighted by atomic mass is 9.33. The fourth-order valence-corrected chi connectivity index (χ4v) is 18.7. The zero-order valence-corrected chi connectivity index (χ0v) is 54.6. The predicted molar refractivity (Wildman–Crippen MR) is 315 cm³/mol. The zero-order valence-electron chi connectivity index (χ0n) is 54.6. The number of hydrogen-bond acceptors (Lipinski definition) is 30. The van der Waals surface area contributed by atoms with E-state index in [1.165, 1.54) is 13.8 Å². The molecule has 0 aromatic carbocycles. The quantitative estimate of drug-likeness (QED) is 0.0421. The predicted octanol–water partition coefficient (Wildman–Crippen LogP) is -4.08. The molecule has 4 saturated carbocycles. The number of aliphatic hydroxyl groups excluding tert-OH is 17. The van der Waals surface area contributed by atoms with Crippen molar-refractivity contribution in [3.8, 4) is 0 Å². The molecule has 6 heterocycles. The van der Waals surface area contributed by atoms with Gasteiger partial charge in [0, 0.05) is 5.41 Å². The van der Waals surface area contributed by atoms with Gasteiger partial charge in [0.1, 0.15) is 116 Å². The van der Waals surface area contributed by atoms with Gasteiger partial charge >= 0.3 is 5.97 Å². The summed E-state index contributed by atoms with van der Waals surface area (Å²) in [7, 11) is 0. The number of carbonyl (C=O) groups is 1. The maximum Gasteiger partial charge on any atom is 0.315 e. The van der Waals surface area contributed by atoms with Crippen LogP contribution in [0.4, 0.5) is 0 Å². The molecular formula is C64H104O30. The van der Waals surface area contributed by atoms with Gasteiger partial charge in [-0.2, -0.15) is 0 Å². The van der Waals surface area contributed by atoms with E-state index >= 15 is 4.79 Å². The molecule has 6 saturated heterocycles. The van der Waals surface area contributed by atoms with E-state index in [4.69, 9.17) is 56.8 Å². The van der Waals surface area contributed by atoms with E-state index in [0.29, 0.717) is 64.2 Å². The van der Waals surface area contributed by atoms with Crippen molar-refractivity contribution >= 4 is 5.97 Å². The van der Waals surface area contributed by atoms with Crippen LogP contribution in [0.15, 0.2) is 11.6 Å². The molecule has 0 amide bonds. The highest BCUT2D eigenvalue weighted by Gasteiger charge is 2.71. The molecule has 5 aliphatic carbocycles. The Morgan fingerprint density at radius 2 is 1.07 bits per heavy atom. The van der Waals surface area contributed by atoms with E-state index in [0.717, 1.165) is 5.57 Å². The minimum Gasteiger partial charge on any atom is -0.432 e. The van der Waals surface area contributed by atoms with E-state index in [1.807, 2.05) is 6.92 Å². The van der Waals surface area contributed by atoms with Crippen LogP contribution < -0.4 is 0 Å². The third-order valence-corrected chi connectivity index (χ3v) is 24.9. The molecule has 11 rings (SSSR count). The van der Waals surface area contributed by atoms with Crippen LogP contribution in [0.25, 0.3) is 0 Å². The average molecular weight is 1350 g/mol. The third-order valence-electron chi connectivity index (χ3n) is 24.9. The van der Waals surface area contributed by atoms with E-state index < -0.39 is 226 Å². The van der Waals surface area contributed by atoms with Gasteiger partial charge in [-0.25, -0.2) is 0 Å². The summed E-state index contributed by atoms with van der Waals surface area (Å²) in [5.41, 5.74) is -2.50. The fourth-order valence-electron chi connectivity index (χ4n) is 18.7. The van der Waals surface area contributed by atoms with Gasteiger partial charge in [-0.15, -0.1) is 0 Å². The number of esters is 1. The summed E-state index contributed by atoms with van der Waals surface area (Å²) in [5, 5.41) is 185. The van der Waals surface area contributed by atoms with Crippen LogP contribution in [0.2, 0.25) is 0 Å². The second kappa shape index (κ2) is 27.5. The first-order chi connectivity index (χ1) is 44.1. The minimum atomic E-state index is -1.97. The normalized spacial score (nSPS) is 55.3. The number of carbonyl (C=O) groups excluding carboxylic acids is 1. The molecule has 11 aliphatic rings. The second-order valence-electron chi connectivity index (χ2n) is 30.8. The molecule has 0 aromatic heterocycles. The molecule has 0 spiro atoms. The van der Waals surface area contributed by atoms with Gasteiger partial charge in [0.2, 0.25) is 6.29 Å². The van der Waals surface area contributed by atoms with E-state index in [2.05, 4.69) is 40.7 Å². The van der Waals surface area contributed by atoms with Crippen LogP contribution in [-0.2, 0) is 61.6 Å². The number of hydrogen-bond donors (Lipinski definition) is 17. The molecule has 30 nitrogen and oxygen atoms in total. The topological polar surface area (TPSA) is 472 Å². The van der Waals surface area contributed by atoms with Crippen molar-refractivity contribution in [1.82, 2.24) is 0 Å². The Kier molecular flexibility index (Phi) is 21.4. The molecule has 37 unspecified atom stereocenters. The van der Waals surface area contributed by atoms with Crippen molar-refractivity contribution in [2.24, 2.45) is 50.2 Å². The molecule has 17 N–H and O–H groups in total. The maximum atomic E-state index is 15.7. The summed E-state index contributed by atoms with van der Waals surface area (Å²) in [6, 6.07) is 0. The molecular weight excluding hydrogens is 1250 g/mol.